The van der Waals surface area contributed by atoms with Crippen molar-refractivity contribution in [3.8, 4) is 0 Å². The number of carbonyl (C=O) groups excluding carboxylic acids is 2. The predicted molar refractivity (Wildman–Crippen MR) is 128 cm³/mol. The van der Waals surface area contributed by atoms with Gasteiger partial charge in [0.25, 0.3) is 5.91 Å². The van der Waals surface area contributed by atoms with E-state index in [1.165, 1.54) is 24.3 Å². The van der Waals surface area contributed by atoms with Gasteiger partial charge in [-0.15, -0.1) is 0 Å². The number of benzene rings is 2. The van der Waals surface area contributed by atoms with Gasteiger partial charge >= 0.3 is 6.03 Å². The van der Waals surface area contributed by atoms with Crippen LogP contribution in [0.1, 0.15) is 42.6 Å². The summed E-state index contributed by atoms with van der Waals surface area (Å²) in [6.07, 6.45) is 1.83. The molecule has 1 aliphatic heterocycles. The largest absolute Gasteiger partial charge is 0.377 e. The molecule has 0 spiro atoms. The van der Waals surface area contributed by atoms with Crippen LogP contribution >= 0.6 is 0 Å². The summed E-state index contributed by atoms with van der Waals surface area (Å²) >= 11 is 0. The number of halogens is 1. The Morgan fingerprint density at radius 2 is 1.88 bits per heavy atom. The van der Waals surface area contributed by atoms with Crippen LogP contribution in [-0.2, 0) is 11.3 Å². The van der Waals surface area contributed by atoms with Gasteiger partial charge in [0.2, 0.25) is 0 Å². The molecule has 3 amide bonds. The van der Waals surface area contributed by atoms with Gasteiger partial charge in [0, 0.05) is 56.8 Å². The summed E-state index contributed by atoms with van der Waals surface area (Å²) in [5, 5.41) is 5.66. The van der Waals surface area contributed by atoms with Gasteiger partial charge in [-0.1, -0.05) is 0 Å². The number of carbonyl (C=O) groups is 2. The number of nitrogens with zero attached hydrogens (tertiary/aromatic N) is 2. The Kier molecular flexibility index (Phi) is 8.27. The van der Waals surface area contributed by atoms with Crippen LogP contribution in [0.25, 0.3) is 0 Å². The van der Waals surface area contributed by atoms with Crippen molar-refractivity contribution in [2.45, 2.75) is 45.4 Å². The fraction of sp³-hybridized carbons (Fsp3) is 0.440. The van der Waals surface area contributed by atoms with E-state index in [-0.39, 0.29) is 29.9 Å². The van der Waals surface area contributed by atoms with E-state index in [2.05, 4.69) is 10.6 Å². The molecule has 2 aromatic rings. The molecule has 0 unspecified atom stereocenters. The molecule has 2 N–H and O–H groups in total. The summed E-state index contributed by atoms with van der Waals surface area (Å²) < 4.78 is 19.2. The van der Waals surface area contributed by atoms with E-state index in [1.807, 2.05) is 51.0 Å². The maximum absolute atomic E-state index is 13.4. The normalized spacial score (nSPS) is 15.4. The minimum Gasteiger partial charge on any atom is -0.377 e. The van der Waals surface area contributed by atoms with Gasteiger partial charge in [-0.2, -0.15) is 0 Å². The smallest absolute Gasteiger partial charge is 0.319 e. The van der Waals surface area contributed by atoms with Crippen molar-refractivity contribution >= 4 is 23.3 Å². The number of urea groups is 1. The molecule has 33 heavy (non-hydrogen) atoms. The molecule has 1 heterocycles. The summed E-state index contributed by atoms with van der Waals surface area (Å²) in [6, 6.07) is 11.0. The van der Waals surface area contributed by atoms with Gasteiger partial charge < -0.3 is 25.2 Å². The zero-order valence-corrected chi connectivity index (χ0v) is 19.7. The minimum absolute atomic E-state index is 0.0146. The zero-order chi connectivity index (χ0) is 24.0. The van der Waals surface area contributed by atoms with Gasteiger partial charge in [0.15, 0.2) is 0 Å². The van der Waals surface area contributed by atoms with Crippen LogP contribution in [0.2, 0.25) is 0 Å². The van der Waals surface area contributed by atoms with Crippen LogP contribution in [0.15, 0.2) is 42.5 Å². The minimum atomic E-state index is -0.384. The van der Waals surface area contributed by atoms with Crippen molar-refractivity contribution in [3.63, 3.8) is 0 Å². The summed E-state index contributed by atoms with van der Waals surface area (Å²) in [5.74, 6) is -0.573. The molecule has 3 rings (SSSR count). The third kappa shape index (κ3) is 6.92. The first kappa shape index (κ1) is 24.5. The molecule has 7 nitrogen and oxygen atoms in total. The lowest BCUT2D eigenvalue weighted by molar-refractivity contribution is 0.0507. The fourth-order valence-electron chi connectivity index (χ4n) is 3.89. The molecule has 1 saturated heterocycles. The van der Waals surface area contributed by atoms with E-state index in [0.29, 0.717) is 30.9 Å². The Balaban J connectivity index is 1.88. The van der Waals surface area contributed by atoms with E-state index < -0.39 is 0 Å². The number of hydrogen-bond acceptors (Lipinski definition) is 4. The molecule has 178 valence electrons. The van der Waals surface area contributed by atoms with Crippen LogP contribution in [0.5, 0.6) is 0 Å². The highest BCUT2D eigenvalue weighted by Gasteiger charge is 2.25. The Labute approximate surface area is 194 Å². The summed E-state index contributed by atoms with van der Waals surface area (Å²) in [6.45, 7) is 5.24. The maximum atomic E-state index is 13.4. The van der Waals surface area contributed by atoms with Crippen molar-refractivity contribution in [1.82, 2.24) is 10.2 Å². The molecule has 8 heteroatoms. The Bertz CT molecular complexity index is 957. The molecule has 1 aliphatic rings. The van der Waals surface area contributed by atoms with Crippen LogP contribution < -0.4 is 15.5 Å². The van der Waals surface area contributed by atoms with E-state index >= 15 is 0 Å². The summed E-state index contributed by atoms with van der Waals surface area (Å²) in [4.78, 5) is 29.3. The molecule has 0 aliphatic carbocycles. The van der Waals surface area contributed by atoms with Gasteiger partial charge in [-0.05, 0) is 74.7 Å². The van der Waals surface area contributed by atoms with E-state index in [1.54, 1.807) is 4.90 Å². The Morgan fingerprint density at radius 3 is 2.48 bits per heavy atom. The SMILES string of the molecule is CC(C)NC(=O)Nc1ccc(N(C)C)c(CN(C[C@H]2CCCO2)C(=O)c2ccc(F)cc2)c1. The lowest BCUT2D eigenvalue weighted by Gasteiger charge is -2.28. The molecule has 0 bridgehead atoms. The molecule has 0 aromatic heterocycles. The van der Waals surface area contributed by atoms with Crippen molar-refractivity contribution in [2.75, 3.05) is 37.5 Å². The van der Waals surface area contributed by atoms with Gasteiger partial charge in [-0.3, -0.25) is 4.79 Å². The average molecular weight is 457 g/mol. The van der Waals surface area contributed by atoms with Crippen molar-refractivity contribution in [2.24, 2.45) is 0 Å². The van der Waals surface area contributed by atoms with Gasteiger partial charge in [0.1, 0.15) is 5.82 Å². The molecule has 2 aromatic carbocycles. The standard InChI is InChI=1S/C25H33FN4O3/c1-17(2)27-25(32)28-21-11-12-23(29(3)4)19(14-21)15-30(16-22-6-5-13-33-22)24(31)18-7-9-20(26)10-8-18/h7-12,14,17,22H,5-6,13,15-16H2,1-4H3,(H2,27,28,32)/t22-/m1/s1. The number of ether oxygens (including phenoxy) is 1. The zero-order valence-electron chi connectivity index (χ0n) is 19.7. The first-order chi connectivity index (χ1) is 15.7. The summed E-state index contributed by atoms with van der Waals surface area (Å²) in [5.41, 5.74) is 2.89. The number of nitrogens with one attached hydrogen (secondary N) is 2. The first-order valence-electron chi connectivity index (χ1n) is 11.3. The first-order valence-corrected chi connectivity index (χ1v) is 11.3. The van der Waals surface area contributed by atoms with Crippen LogP contribution in [-0.4, -0.2) is 56.2 Å². The number of amides is 3. The lowest BCUT2D eigenvalue weighted by atomic mass is 10.1. The molecular weight excluding hydrogens is 423 g/mol. The van der Waals surface area contributed by atoms with Crippen LogP contribution in [0.4, 0.5) is 20.6 Å². The van der Waals surface area contributed by atoms with E-state index in [9.17, 15) is 14.0 Å². The van der Waals surface area contributed by atoms with Gasteiger partial charge in [-0.25, -0.2) is 9.18 Å². The monoisotopic (exact) mass is 456 g/mol. The van der Waals surface area contributed by atoms with Crippen LogP contribution in [0, 0.1) is 5.82 Å². The lowest BCUT2D eigenvalue weighted by Crippen LogP contribution is -2.37. The van der Waals surface area contributed by atoms with Crippen molar-refractivity contribution in [1.29, 1.82) is 0 Å². The predicted octanol–water partition coefficient (Wildman–Crippen LogP) is 4.24. The Morgan fingerprint density at radius 1 is 1.15 bits per heavy atom. The van der Waals surface area contributed by atoms with E-state index in [4.69, 9.17) is 4.74 Å². The highest BCUT2D eigenvalue weighted by atomic mass is 19.1. The topological polar surface area (TPSA) is 73.9 Å². The van der Waals surface area contributed by atoms with Crippen molar-refractivity contribution < 1.29 is 18.7 Å². The molecular formula is C25H33FN4O3. The van der Waals surface area contributed by atoms with E-state index in [0.717, 1.165) is 24.1 Å². The second-order valence-corrected chi connectivity index (χ2v) is 8.82. The highest BCUT2D eigenvalue weighted by Crippen LogP contribution is 2.26. The number of rotatable bonds is 8. The average Bonchev–Trinajstić information content (AvgIpc) is 3.26. The summed E-state index contributed by atoms with van der Waals surface area (Å²) in [7, 11) is 3.87. The highest BCUT2D eigenvalue weighted by molar-refractivity contribution is 5.94. The fourth-order valence-corrected chi connectivity index (χ4v) is 3.89. The quantitative estimate of drug-likeness (QED) is 0.623. The molecule has 0 saturated carbocycles. The number of anilines is 2. The molecule has 1 fully saturated rings. The maximum Gasteiger partial charge on any atom is 0.319 e. The van der Waals surface area contributed by atoms with Crippen molar-refractivity contribution in [3.05, 3.63) is 59.4 Å². The molecule has 1 atom stereocenters. The second-order valence-electron chi connectivity index (χ2n) is 8.82. The Hall–Kier alpha value is -3.13. The molecule has 0 radical (unpaired) electrons. The van der Waals surface area contributed by atoms with Gasteiger partial charge in [0.05, 0.1) is 6.10 Å². The third-order valence-electron chi connectivity index (χ3n) is 5.43. The third-order valence-corrected chi connectivity index (χ3v) is 5.43. The number of hydrogen-bond donors (Lipinski definition) is 2. The van der Waals surface area contributed by atoms with Crippen LogP contribution in [0.3, 0.4) is 0 Å². The second kappa shape index (κ2) is 11.1.